The third kappa shape index (κ3) is 3.40. The molecule has 0 spiro atoms. The molecule has 0 radical (unpaired) electrons. The van der Waals surface area contributed by atoms with Crippen LogP contribution in [0.15, 0.2) is 41.5 Å². The Hall–Kier alpha value is -1.80. The van der Waals surface area contributed by atoms with Gasteiger partial charge in [0.2, 0.25) is 0 Å². The molecule has 0 aromatic heterocycles. The van der Waals surface area contributed by atoms with Crippen molar-refractivity contribution in [1.29, 1.82) is 0 Å². The van der Waals surface area contributed by atoms with Gasteiger partial charge in [0, 0.05) is 5.02 Å². The lowest BCUT2D eigenvalue weighted by molar-refractivity contribution is 1.29. The Morgan fingerprint density at radius 1 is 0.950 bits per heavy atom. The number of nitrogens with one attached hydrogen (secondary N) is 1. The molecule has 0 heterocycles. The van der Waals surface area contributed by atoms with Crippen molar-refractivity contribution in [3.8, 4) is 0 Å². The van der Waals surface area contributed by atoms with E-state index in [1.54, 1.807) is 0 Å². The highest BCUT2D eigenvalue weighted by atomic mass is 35.5. The van der Waals surface area contributed by atoms with Gasteiger partial charge in [-0.05, 0) is 68.1 Å². The molecule has 0 bridgehead atoms. The van der Waals surface area contributed by atoms with Crippen LogP contribution in [0.5, 0.6) is 0 Å². The van der Waals surface area contributed by atoms with Gasteiger partial charge in [-0.3, -0.25) is 5.43 Å². The highest BCUT2D eigenvalue weighted by Crippen LogP contribution is 2.20. The molecule has 2 nitrogen and oxygen atoms in total. The second-order valence-electron chi connectivity index (χ2n) is 5.07. The normalized spacial score (nSPS) is 11.6. The van der Waals surface area contributed by atoms with Gasteiger partial charge in [0.1, 0.15) is 0 Å². The van der Waals surface area contributed by atoms with Gasteiger partial charge in [0.05, 0.1) is 11.4 Å². The lowest BCUT2D eigenvalue weighted by Gasteiger charge is -2.07. The lowest BCUT2D eigenvalue weighted by Crippen LogP contribution is -2.00. The molecule has 20 heavy (non-hydrogen) atoms. The van der Waals surface area contributed by atoms with Crippen molar-refractivity contribution in [2.75, 3.05) is 5.43 Å². The number of hydrogen-bond donors (Lipinski definition) is 1. The monoisotopic (exact) mass is 286 g/mol. The molecule has 3 heteroatoms. The highest BCUT2D eigenvalue weighted by molar-refractivity contribution is 6.31. The molecule has 0 aliphatic rings. The molecular formula is C17H19ClN2. The van der Waals surface area contributed by atoms with Gasteiger partial charge >= 0.3 is 0 Å². The zero-order chi connectivity index (χ0) is 14.7. The summed E-state index contributed by atoms with van der Waals surface area (Å²) in [5.41, 5.74) is 9.64. The zero-order valence-corrected chi connectivity index (χ0v) is 13.0. The average molecular weight is 287 g/mol. The minimum atomic E-state index is 0.744. The maximum Gasteiger partial charge on any atom is 0.0648 e. The van der Waals surface area contributed by atoms with E-state index in [-0.39, 0.29) is 0 Å². The molecule has 2 rings (SSSR count). The second-order valence-corrected chi connectivity index (χ2v) is 5.48. The molecule has 104 valence electrons. The fourth-order valence-corrected chi connectivity index (χ4v) is 2.02. The van der Waals surface area contributed by atoms with Crippen LogP contribution >= 0.6 is 11.6 Å². The van der Waals surface area contributed by atoms with Crippen molar-refractivity contribution in [2.45, 2.75) is 27.7 Å². The molecule has 1 N–H and O–H groups in total. The quantitative estimate of drug-likeness (QED) is 0.616. The Morgan fingerprint density at radius 2 is 1.65 bits per heavy atom. The van der Waals surface area contributed by atoms with Crippen LogP contribution in [-0.2, 0) is 0 Å². The number of aryl methyl sites for hydroxylation is 3. The smallest absolute Gasteiger partial charge is 0.0648 e. The zero-order valence-electron chi connectivity index (χ0n) is 12.3. The van der Waals surface area contributed by atoms with Crippen molar-refractivity contribution in [2.24, 2.45) is 5.10 Å². The summed E-state index contributed by atoms with van der Waals surface area (Å²) in [6, 6.07) is 12.2. The fraction of sp³-hybridized carbons (Fsp3) is 0.235. The second kappa shape index (κ2) is 6.10. The molecule has 0 saturated carbocycles. The van der Waals surface area contributed by atoms with Crippen molar-refractivity contribution < 1.29 is 0 Å². The summed E-state index contributed by atoms with van der Waals surface area (Å²) in [6.45, 7) is 8.19. The van der Waals surface area contributed by atoms with Crippen molar-refractivity contribution in [3.05, 3.63) is 63.7 Å². The number of nitrogens with zero attached hydrogens (tertiary/aromatic N) is 1. The van der Waals surface area contributed by atoms with Crippen LogP contribution in [0, 0.1) is 20.8 Å². The van der Waals surface area contributed by atoms with Crippen molar-refractivity contribution in [1.82, 2.24) is 0 Å². The van der Waals surface area contributed by atoms with E-state index in [0.717, 1.165) is 27.5 Å². The van der Waals surface area contributed by atoms with E-state index in [0.29, 0.717) is 0 Å². The van der Waals surface area contributed by atoms with Crippen LogP contribution in [0.1, 0.15) is 29.2 Å². The number of benzene rings is 2. The lowest BCUT2D eigenvalue weighted by atomic mass is 10.0. The van der Waals surface area contributed by atoms with E-state index in [9.17, 15) is 0 Å². The van der Waals surface area contributed by atoms with E-state index in [2.05, 4.69) is 42.6 Å². The van der Waals surface area contributed by atoms with E-state index in [1.165, 1.54) is 11.1 Å². The molecule has 0 aliphatic heterocycles. The average Bonchev–Trinajstić information content (AvgIpc) is 2.43. The van der Waals surface area contributed by atoms with Gasteiger partial charge in [-0.2, -0.15) is 5.10 Å². The highest BCUT2D eigenvalue weighted by Gasteiger charge is 2.01. The SMILES string of the molecule is C/C(=N/Nc1ccc(C)c(Cl)c1)c1ccc(C)c(C)c1. The Labute approximate surface area is 125 Å². The minimum Gasteiger partial charge on any atom is -0.278 e. The van der Waals surface area contributed by atoms with Gasteiger partial charge in [-0.1, -0.05) is 29.8 Å². The first kappa shape index (κ1) is 14.6. The predicted octanol–water partition coefficient (Wildman–Crippen LogP) is 5.10. The third-order valence-electron chi connectivity index (χ3n) is 3.45. The number of halogens is 1. The molecule has 0 saturated heterocycles. The number of anilines is 1. The molecule has 0 aliphatic carbocycles. The van der Waals surface area contributed by atoms with E-state index >= 15 is 0 Å². The topological polar surface area (TPSA) is 24.4 Å². The van der Waals surface area contributed by atoms with Crippen LogP contribution in [0.25, 0.3) is 0 Å². The van der Waals surface area contributed by atoms with Gasteiger partial charge in [-0.15, -0.1) is 0 Å². The first-order chi connectivity index (χ1) is 9.47. The summed E-state index contributed by atoms with van der Waals surface area (Å²) in [5.74, 6) is 0. The standard InChI is InChI=1S/C17H19ClN2/c1-11-5-7-15(9-13(11)3)14(4)19-20-16-8-6-12(2)17(18)10-16/h5-10,20H,1-4H3/b19-14-. The maximum atomic E-state index is 6.10. The van der Waals surface area contributed by atoms with E-state index in [4.69, 9.17) is 11.6 Å². The summed E-state index contributed by atoms with van der Waals surface area (Å²) in [7, 11) is 0. The molecular weight excluding hydrogens is 268 g/mol. The van der Waals surface area contributed by atoms with Crippen LogP contribution in [0.3, 0.4) is 0 Å². The molecule has 0 unspecified atom stereocenters. The molecule has 0 amide bonds. The van der Waals surface area contributed by atoms with Crippen LogP contribution in [0.4, 0.5) is 5.69 Å². The largest absolute Gasteiger partial charge is 0.278 e. The first-order valence-corrected chi connectivity index (χ1v) is 6.99. The molecule has 0 fully saturated rings. The van der Waals surface area contributed by atoms with Gasteiger partial charge < -0.3 is 0 Å². The Bertz CT molecular complexity index is 660. The van der Waals surface area contributed by atoms with E-state index in [1.807, 2.05) is 32.0 Å². The minimum absolute atomic E-state index is 0.744. The molecule has 0 atom stereocenters. The van der Waals surface area contributed by atoms with Crippen molar-refractivity contribution >= 4 is 23.0 Å². The third-order valence-corrected chi connectivity index (χ3v) is 3.86. The first-order valence-electron chi connectivity index (χ1n) is 6.61. The Balaban J connectivity index is 2.17. The number of hydrazone groups is 1. The van der Waals surface area contributed by atoms with E-state index < -0.39 is 0 Å². The number of rotatable bonds is 3. The summed E-state index contributed by atoms with van der Waals surface area (Å²) in [5, 5.41) is 5.16. The van der Waals surface area contributed by atoms with Crippen molar-refractivity contribution in [3.63, 3.8) is 0 Å². The molecule has 2 aromatic carbocycles. The van der Waals surface area contributed by atoms with Crippen LogP contribution in [-0.4, -0.2) is 5.71 Å². The summed E-state index contributed by atoms with van der Waals surface area (Å²) in [4.78, 5) is 0. The maximum absolute atomic E-state index is 6.10. The molecule has 2 aromatic rings. The summed E-state index contributed by atoms with van der Waals surface area (Å²) >= 11 is 6.10. The van der Waals surface area contributed by atoms with Gasteiger partial charge in [-0.25, -0.2) is 0 Å². The summed E-state index contributed by atoms with van der Waals surface area (Å²) < 4.78 is 0. The Morgan fingerprint density at radius 3 is 2.30 bits per heavy atom. The van der Waals surface area contributed by atoms with Crippen LogP contribution in [0.2, 0.25) is 5.02 Å². The summed E-state index contributed by atoms with van der Waals surface area (Å²) in [6.07, 6.45) is 0. The van der Waals surface area contributed by atoms with Crippen LogP contribution < -0.4 is 5.43 Å². The number of hydrogen-bond acceptors (Lipinski definition) is 2. The fourth-order valence-electron chi connectivity index (χ4n) is 1.84. The predicted molar refractivity (Wildman–Crippen MR) is 87.9 cm³/mol. The Kier molecular flexibility index (Phi) is 4.46. The van der Waals surface area contributed by atoms with Gasteiger partial charge in [0.15, 0.2) is 0 Å². The van der Waals surface area contributed by atoms with Gasteiger partial charge in [0.25, 0.3) is 0 Å².